The minimum atomic E-state index is -0.418. The van der Waals surface area contributed by atoms with Crippen LogP contribution in [0.1, 0.15) is 20.8 Å². The molecule has 5 nitrogen and oxygen atoms in total. The molecule has 0 atom stereocenters. The molecular weight excluding hydrogens is 206 g/mol. The number of piperazine rings is 1. The Morgan fingerprint density at radius 3 is 2.25 bits per heavy atom. The average molecular weight is 227 g/mol. The number of carbonyl (C=O) groups is 1. The van der Waals surface area contributed by atoms with Crippen molar-refractivity contribution in [3.05, 3.63) is 0 Å². The topological polar surface area (TPSA) is 45.1 Å². The lowest BCUT2D eigenvalue weighted by molar-refractivity contribution is 0.0189. The molecule has 0 spiro atoms. The summed E-state index contributed by atoms with van der Waals surface area (Å²) in [5, 5.41) is 0. The van der Waals surface area contributed by atoms with Gasteiger partial charge in [0, 0.05) is 33.2 Å². The summed E-state index contributed by atoms with van der Waals surface area (Å²) in [5.74, 6) is 0. The number of nitrogens with zero attached hydrogens (tertiary/aromatic N) is 3. The Kier molecular flexibility index (Phi) is 4.15. The maximum atomic E-state index is 11.7. The van der Waals surface area contributed by atoms with Crippen LogP contribution in [-0.4, -0.2) is 61.1 Å². The summed E-state index contributed by atoms with van der Waals surface area (Å²) in [4.78, 5) is 19.5. The molecule has 1 aliphatic heterocycles. The molecule has 0 radical (unpaired) electrons. The number of hydrogen-bond acceptors (Lipinski definition) is 3. The van der Waals surface area contributed by atoms with Gasteiger partial charge in [0.25, 0.3) is 0 Å². The monoisotopic (exact) mass is 227 g/mol. The first kappa shape index (κ1) is 12.8. The summed E-state index contributed by atoms with van der Waals surface area (Å²) in [6.07, 6.45) is 1.59. The lowest BCUT2D eigenvalue weighted by Gasteiger charge is -2.34. The standard InChI is InChI=1S/C11H21N3O2/c1-11(2,3)16-10(15)14-7-5-13(6-8-14)9-12-4/h9H,5-8H2,1-4H3. The molecule has 1 saturated heterocycles. The van der Waals surface area contributed by atoms with Crippen LogP contribution in [0.2, 0.25) is 0 Å². The quantitative estimate of drug-likeness (QED) is 0.499. The molecule has 0 bridgehead atoms. The fourth-order valence-corrected chi connectivity index (χ4v) is 1.51. The van der Waals surface area contributed by atoms with Gasteiger partial charge < -0.3 is 14.5 Å². The van der Waals surface area contributed by atoms with Crippen molar-refractivity contribution in [1.29, 1.82) is 0 Å². The number of amides is 1. The average Bonchev–Trinajstić information content (AvgIpc) is 2.16. The molecule has 92 valence electrons. The van der Waals surface area contributed by atoms with Gasteiger partial charge in [-0.1, -0.05) is 0 Å². The number of ether oxygens (including phenoxy) is 1. The van der Waals surface area contributed by atoms with E-state index in [2.05, 4.69) is 9.89 Å². The molecule has 0 aromatic carbocycles. The zero-order valence-electron chi connectivity index (χ0n) is 10.6. The van der Waals surface area contributed by atoms with Crippen molar-refractivity contribution in [2.24, 2.45) is 4.99 Å². The first-order chi connectivity index (χ1) is 7.42. The first-order valence-electron chi connectivity index (χ1n) is 5.56. The predicted octanol–water partition coefficient (Wildman–Crippen LogP) is 1.20. The summed E-state index contributed by atoms with van der Waals surface area (Å²) >= 11 is 0. The van der Waals surface area contributed by atoms with E-state index in [1.54, 1.807) is 11.9 Å². The summed E-state index contributed by atoms with van der Waals surface area (Å²) in [7, 11) is 1.75. The SMILES string of the molecule is CN=CN1CCN(C(=O)OC(C)(C)C)CC1. The van der Waals surface area contributed by atoms with E-state index >= 15 is 0 Å². The third-order valence-electron chi connectivity index (χ3n) is 2.24. The normalized spacial score (nSPS) is 18.0. The summed E-state index contributed by atoms with van der Waals surface area (Å²) in [5.41, 5.74) is -0.418. The van der Waals surface area contributed by atoms with Crippen LogP contribution in [0.3, 0.4) is 0 Å². The Morgan fingerprint density at radius 1 is 1.25 bits per heavy atom. The van der Waals surface area contributed by atoms with Crippen LogP contribution in [0.5, 0.6) is 0 Å². The molecule has 0 aromatic rings. The molecule has 0 aliphatic carbocycles. The van der Waals surface area contributed by atoms with E-state index in [9.17, 15) is 4.79 Å². The van der Waals surface area contributed by atoms with Crippen molar-refractivity contribution >= 4 is 12.4 Å². The van der Waals surface area contributed by atoms with E-state index < -0.39 is 5.60 Å². The smallest absolute Gasteiger partial charge is 0.410 e. The molecule has 0 saturated carbocycles. The van der Waals surface area contributed by atoms with Crippen molar-refractivity contribution in [1.82, 2.24) is 9.80 Å². The predicted molar refractivity (Wildman–Crippen MR) is 63.8 cm³/mol. The molecule has 1 amide bonds. The Bertz CT molecular complexity index is 263. The number of rotatable bonds is 1. The Balaban J connectivity index is 2.39. The molecule has 0 N–H and O–H groups in total. The first-order valence-corrected chi connectivity index (χ1v) is 5.56. The van der Waals surface area contributed by atoms with E-state index in [0.29, 0.717) is 13.1 Å². The van der Waals surface area contributed by atoms with Crippen LogP contribution in [0, 0.1) is 0 Å². The van der Waals surface area contributed by atoms with Crippen LogP contribution in [0.25, 0.3) is 0 Å². The van der Waals surface area contributed by atoms with Crippen LogP contribution in [0.15, 0.2) is 4.99 Å². The highest BCUT2D eigenvalue weighted by Gasteiger charge is 2.24. The molecule has 5 heteroatoms. The molecule has 16 heavy (non-hydrogen) atoms. The van der Waals surface area contributed by atoms with Crippen molar-refractivity contribution in [2.45, 2.75) is 26.4 Å². The van der Waals surface area contributed by atoms with Gasteiger partial charge >= 0.3 is 6.09 Å². The van der Waals surface area contributed by atoms with Gasteiger partial charge in [-0.25, -0.2) is 4.79 Å². The number of aliphatic imine (C=N–C) groups is 1. The zero-order chi connectivity index (χ0) is 12.2. The van der Waals surface area contributed by atoms with Crippen LogP contribution < -0.4 is 0 Å². The van der Waals surface area contributed by atoms with Crippen LogP contribution >= 0.6 is 0 Å². The van der Waals surface area contributed by atoms with Crippen molar-refractivity contribution in [2.75, 3.05) is 33.2 Å². The van der Waals surface area contributed by atoms with E-state index in [1.165, 1.54) is 0 Å². The van der Waals surface area contributed by atoms with Crippen molar-refractivity contribution in [3.63, 3.8) is 0 Å². The van der Waals surface area contributed by atoms with E-state index in [0.717, 1.165) is 13.1 Å². The molecular formula is C11H21N3O2. The molecule has 1 heterocycles. The van der Waals surface area contributed by atoms with Crippen LogP contribution in [0.4, 0.5) is 4.79 Å². The van der Waals surface area contributed by atoms with Gasteiger partial charge in [-0.05, 0) is 20.8 Å². The largest absolute Gasteiger partial charge is 0.444 e. The second-order valence-corrected chi connectivity index (χ2v) is 4.88. The molecule has 1 fully saturated rings. The Morgan fingerprint density at radius 2 is 1.81 bits per heavy atom. The lowest BCUT2D eigenvalue weighted by atomic mass is 10.2. The molecule has 0 aromatic heterocycles. The highest BCUT2D eigenvalue weighted by molar-refractivity contribution is 5.68. The molecule has 1 aliphatic rings. The van der Waals surface area contributed by atoms with Crippen molar-refractivity contribution in [3.8, 4) is 0 Å². The van der Waals surface area contributed by atoms with Gasteiger partial charge in [0.2, 0.25) is 0 Å². The number of hydrogen-bond donors (Lipinski definition) is 0. The van der Waals surface area contributed by atoms with Gasteiger partial charge in [0.1, 0.15) is 5.60 Å². The zero-order valence-corrected chi connectivity index (χ0v) is 10.6. The minimum absolute atomic E-state index is 0.222. The highest BCUT2D eigenvalue weighted by atomic mass is 16.6. The van der Waals surface area contributed by atoms with Gasteiger partial charge in [0.15, 0.2) is 0 Å². The minimum Gasteiger partial charge on any atom is -0.444 e. The van der Waals surface area contributed by atoms with Gasteiger partial charge in [-0.2, -0.15) is 0 Å². The van der Waals surface area contributed by atoms with Crippen LogP contribution in [-0.2, 0) is 4.74 Å². The lowest BCUT2D eigenvalue weighted by Crippen LogP contribution is -2.49. The second-order valence-electron chi connectivity index (χ2n) is 4.88. The maximum absolute atomic E-state index is 11.7. The summed E-state index contributed by atoms with van der Waals surface area (Å²) in [6.45, 7) is 8.66. The molecule has 1 rings (SSSR count). The maximum Gasteiger partial charge on any atom is 0.410 e. The van der Waals surface area contributed by atoms with Gasteiger partial charge in [-0.3, -0.25) is 4.99 Å². The second kappa shape index (κ2) is 5.18. The van der Waals surface area contributed by atoms with Gasteiger partial charge in [0.05, 0.1) is 6.34 Å². The Hall–Kier alpha value is -1.26. The van der Waals surface area contributed by atoms with Gasteiger partial charge in [-0.15, -0.1) is 0 Å². The summed E-state index contributed by atoms with van der Waals surface area (Å²) < 4.78 is 5.31. The van der Waals surface area contributed by atoms with E-state index in [1.807, 2.05) is 27.1 Å². The third-order valence-corrected chi connectivity index (χ3v) is 2.24. The summed E-state index contributed by atoms with van der Waals surface area (Å²) in [6, 6.07) is 0. The Labute approximate surface area is 97.1 Å². The van der Waals surface area contributed by atoms with E-state index in [4.69, 9.17) is 4.74 Å². The third kappa shape index (κ3) is 4.08. The fourth-order valence-electron chi connectivity index (χ4n) is 1.51. The fraction of sp³-hybridized carbons (Fsp3) is 0.818. The highest BCUT2D eigenvalue weighted by Crippen LogP contribution is 2.11. The van der Waals surface area contributed by atoms with Crippen molar-refractivity contribution < 1.29 is 9.53 Å². The number of carbonyl (C=O) groups excluding carboxylic acids is 1. The van der Waals surface area contributed by atoms with E-state index in [-0.39, 0.29) is 6.09 Å². The molecule has 0 unspecified atom stereocenters.